The van der Waals surface area contributed by atoms with Gasteiger partial charge in [0.25, 0.3) is 0 Å². The van der Waals surface area contributed by atoms with Crippen molar-refractivity contribution in [2.24, 2.45) is 0 Å². The van der Waals surface area contributed by atoms with Crippen LogP contribution >= 0.6 is 0 Å². The number of hydrogen-bond acceptors (Lipinski definition) is 2. The zero-order chi connectivity index (χ0) is 36.2. The quantitative estimate of drug-likeness (QED) is 0.165. The van der Waals surface area contributed by atoms with Crippen LogP contribution in [0.2, 0.25) is 0 Å². The summed E-state index contributed by atoms with van der Waals surface area (Å²) in [5.41, 5.74) is 15.4. The molecule has 0 saturated carbocycles. The number of nitrogens with zero attached hydrogens (tertiary/aromatic N) is 3. The molecule has 1 aliphatic carbocycles. The summed E-state index contributed by atoms with van der Waals surface area (Å²) in [6.45, 7) is 4.81. The van der Waals surface area contributed by atoms with Crippen LogP contribution in [0.4, 0.5) is 34.1 Å². The van der Waals surface area contributed by atoms with Gasteiger partial charge in [0.15, 0.2) is 0 Å². The average Bonchev–Trinajstić information content (AvgIpc) is 3.67. The number of para-hydroxylation sites is 5. The van der Waals surface area contributed by atoms with Gasteiger partial charge in [-0.25, -0.2) is 0 Å². The smallest absolute Gasteiger partial charge is 0.0588 e. The minimum Gasteiger partial charge on any atom is -0.310 e. The van der Waals surface area contributed by atoms with Crippen molar-refractivity contribution < 1.29 is 0 Å². The molecular weight excluding hydrogens is 655 g/mol. The minimum atomic E-state index is -0.275. The fourth-order valence-electron chi connectivity index (χ4n) is 8.70. The molecular formula is C51H39N3. The molecule has 1 aliphatic rings. The molecule has 258 valence electrons. The number of hydrogen-bond donors (Lipinski definition) is 0. The monoisotopic (exact) mass is 693 g/mol. The summed E-state index contributed by atoms with van der Waals surface area (Å²) in [6.07, 6.45) is 0. The van der Waals surface area contributed by atoms with Crippen LogP contribution in [0.3, 0.4) is 0 Å². The third-order valence-electron chi connectivity index (χ3n) is 11.1. The molecule has 0 unspecified atom stereocenters. The van der Waals surface area contributed by atoms with E-state index in [1.54, 1.807) is 0 Å². The maximum absolute atomic E-state index is 2.51. The van der Waals surface area contributed by atoms with Crippen LogP contribution in [0.1, 0.15) is 25.0 Å². The van der Waals surface area contributed by atoms with Gasteiger partial charge in [0.2, 0.25) is 0 Å². The molecule has 54 heavy (non-hydrogen) atoms. The summed E-state index contributed by atoms with van der Waals surface area (Å²) >= 11 is 0. The Bertz CT molecular complexity index is 2690. The van der Waals surface area contributed by atoms with Gasteiger partial charge in [-0.2, -0.15) is 0 Å². The minimum absolute atomic E-state index is 0.275. The molecule has 0 radical (unpaired) electrons. The van der Waals surface area contributed by atoms with Crippen molar-refractivity contribution in [1.29, 1.82) is 0 Å². The second-order valence-electron chi connectivity index (χ2n) is 14.6. The number of aromatic nitrogens is 1. The Morgan fingerprint density at radius 3 is 1.33 bits per heavy atom. The van der Waals surface area contributed by atoms with E-state index in [9.17, 15) is 0 Å². The van der Waals surface area contributed by atoms with Crippen LogP contribution in [0, 0.1) is 0 Å². The van der Waals surface area contributed by atoms with Crippen molar-refractivity contribution >= 4 is 55.9 Å². The molecule has 10 rings (SSSR count). The van der Waals surface area contributed by atoms with E-state index >= 15 is 0 Å². The van der Waals surface area contributed by atoms with Gasteiger partial charge in [0.05, 0.1) is 11.0 Å². The Kier molecular flexibility index (Phi) is 7.48. The molecule has 0 N–H and O–H groups in total. The molecule has 3 nitrogen and oxygen atoms in total. The molecule has 1 aromatic heterocycles. The Morgan fingerprint density at radius 1 is 0.389 bits per heavy atom. The molecule has 0 amide bonds. The molecule has 0 saturated heterocycles. The van der Waals surface area contributed by atoms with E-state index < -0.39 is 0 Å². The zero-order valence-corrected chi connectivity index (χ0v) is 30.4. The van der Waals surface area contributed by atoms with Crippen molar-refractivity contribution in [3.8, 4) is 16.8 Å². The lowest BCUT2D eigenvalue weighted by molar-refractivity contribution is 0.664. The highest BCUT2D eigenvalue weighted by Crippen LogP contribution is 2.54. The van der Waals surface area contributed by atoms with Gasteiger partial charge < -0.3 is 14.4 Å². The summed E-state index contributed by atoms with van der Waals surface area (Å²) in [5, 5.41) is 2.51. The Morgan fingerprint density at radius 2 is 0.815 bits per heavy atom. The fourth-order valence-corrected chi connectivity index (χ4v) is 8.70. The predicted molar refractivity (Wildman–Crippen MR) is 228 cm³/mol. The van der Waals surface area contributed by atoms with E-state index in [1.807, 2.05) is 0 Å². The Balaban J connectivity index is 1.20. The van der Waals surface area contributed by atoms with Gasteiger partial charge in [0.1, 0.15) is 0 Å². The van der Waals surface area contributed by atoms with Crippen LogP contribution in [-0.4, -0.2) is 4.57 Å². The van der Waals surface area contributed by atoms with Crippen LogP contribution in [0.25, 0.3) is 38.6 Å². The third kappa shape index (κ3) is 5.04. The van der Waals surface area contributed by atoms with E-state index in [-0.39, 0.29) is 5.41 Å². The normalized spacial score (nSPS) is 12.8. The van der Waals surface area contributed by atoms with E-state index in [4.69, 9.17) is 0 Å². The molecule has 0 bridgehead atoms. The highest BCUT2D eigenvalue weighted by molar-refractivity contribution is 6.14. The molecule has 9 aromatic rings. The van der Waals surface area contributed by atoms with Crippen molar-refractivity contribution in [1.82, 2.24) is 4.57 Å². The van der Waals surface area contributed by atoms with Crippen molar-refractivity contribution in [3.05, 3.63) is 211 Å². The van der Waals surface area contributed by atoms with Gasteiger partial charge in [-0.15, -0.1) is 0 Å². The Hall–Kier alpha value is -6.84. The van der Waals surface area contributed by atoms with E-state index in [2.05, 4.69) is 228 Å². The van der Waals surface area contributed by atoms with Crippen molar-refractivity contribution in [2.45, 2.75) is 19.3 Å². The fraction of sp³-hybridized carbons (Fsp3) is 0.0588. The van der Waals surface area contributed by atoms with E-state index in [1.165, 1.54) is 44.1 Å². The predicted octanol–water partition coefficient (Wildman–Crippen LogP) is 14.0. The number of rotatable bonds is 7. The van der Waals surface area contributed by atoms with Gasteiger partial charge in [-0.1, -0.05) is 129 Å². The first-order valence-electron chi connectivity index (χ1n) is 18.7. The number of anilines is 6. The van der Waals surface area contributed by atoms with Crippen molar-refractivity contribution in [3.63, 3.8) is 0 Å². The molecule has 1 heterocycles. The third-order valence-corrected chi connectivity index (χ3v) is 11.1. The largest absolute Gasteiger partial charge is 0.310 e. The second-order valence-corrected chi connectivity index (χ2v) is 14.6. The summed E-state index contributed by atoms with van der Waals surface area (Å²) in [6, 6.07) is 72.3. The average molecular weight is 694 g/mol. The SMILES string of the molecule is CC1(C)c2cc(N(c3ccccc3)c3ccccc3)ccc2-c2ccc3c4ccc(N(c5ccccc5)c5ccccc5)cc4n(-c4ccccc4)c3c21. The maximum Gasteiger partial charge on any atom is 0.0588 e. The van der Waals surface area contributed by atoms with E-state index in [0.29, 0.717) is 0 Å². The standard InChI is InChI=1S/C51H39N3/c1-51(2)47-34-41(52(36-18-8-3-9-19-36)37-20-10-4-11-21-37)28-30-43(47)45-32-33-46-44-31-29-42(53(38-22-12-5-13-23-38)39-24-14-6-15-25-39)35-48(44)54(50(46)49(45)51)40-26-16-7-17-27-40/h3-35H,1-2H3. The van der Waals surface area contributed by atoms with Crippen LogP contribution in [0.5, 0.6) is 0 Å². The number of fused-ring (bicyclic) bond motifs is 7. The van der Waals surface area contributed by atoms with Gasteiger partial charge >= 0.3 is 0 Å². The molecule has 0 spiro atoms. The van der Waals surface area contributed by atoms with E-state index in [0.717, 1.165) is 39.8 Å². The first-order valence-corrected chi connectivity index (χ1v) is 18.7. The lowest BCUT2D eigenvalue weighted by atomic mass is 9.81. The highest BCUT2D eigenvalue weighted by atomic mass is 15.1. The molecule has 0 fully saturated rings. The van der Waals surface area contributed by atoms with Crippen LogP contribution < -0.4 is 9.80 Å². The molecule has 8 aromatic carbocycles. The zero-order valence-electron chi connectivity index (χ0n) is 30.4. The first kappa shape index (κ1) is 31.9. The molecule has 3 heteroatoms. The second kappa shape index (κ2) is 12.7. The van der Waals surface area contributed by atoms with Crippen molar-refractivity contribution in [2.75, 3.05) is 9.80 Å². The van der Waals surface area contributed by atoms with Crippen LogP contribution in [-0.2, 0) is 5.41 Å². The van der Waals surface area contributed by atoms with Gasteiger partial charge in [0, 0.05) is 56.0 Å². The summed E-state index contributed by atoms with van der Waals surface area (Å²) in [5.74, 6) is 0. The lowest BCUT2D eigenvalue weighted by Gasteiger charge is -2.28. The summed E-state index contributed by atoms with van der Waals surface area (Å²) in [7, 11) is 0. The Labute approximate surface area is 316 Å². The summed E-state index contributed by atoms with van der Waals surface area (Å²) in [4.78, 5) is 4.71. The first-order chi connectivity index (χ1) is 26.6. The lowest BCUT2D eigenvalue weighted by Crippen LogP contribution is -2.18. The number of benzene rings is 8. The topological polar surface area (TPSA) is 11.4 Å². The molecule has 0 atom stereocenters. The highest BCUT2D eigenvalue weighted by Gasteiger charge is 2.39. The maximum atomic E-state index is 2.51. The van der Waals surface area contributed by atoms with Gasteiger partial charge in [-0.3, -0.25) is 0 Å². The van der Waals surface area contributed by atoms with Crippen LogP contribution in [0.15, 0.2) is 200 Å². The van der Waals surface area contributed by atoms with Gasteiger partial charge in [-0.05, 0) is 107 Å². The molecule has 0 aliphatic heterocycles. The summed E-state index contributed by atoms with van der Waals surface area (Å²) < 4.78 is 2.51.